The van der Waals surface area contributed by atoms with E-state index in [1.807, 2.05) is 0 Å². The van der Waals surface area contributed by atoms with Crippen molar-refractivity contribution in [3.63, 3.8) is 0 Å². The molecule has 38 unspecified atom stereocenters. The fraction of sp³-hybridized carbons (Fsp3) is 1.00. The van der Waals surface area contributed by atoms with Crippen LogP contribution in [0.2, 0.25) is 0 Å². The Bertz CT molecular complexity index is 2150. The van der Waals surface area contributed by atoms with Gasteiger partial charge in [0.05, 0.1) is 52.9 Å². The first-order valence-corrected chi connectivity index (χ1v) is 28.6. The molecule has 90 heavy (non-hydrogen) atoms. The maximum absolute atomic E-state index is 11.8. The number of ether oxygens (including phenoxy) is 16. The molecule has 8 fully saturated rings. The fourth-order valence-corrected chi connectivity index (χ4v) is 11.7. The lowest BCUT2D eigenvalue weighted by atomic mass is 9.95. The monoisotopic (exact) mass is 1330 g/mol. The minimum absolute atomic E-state index is 0.903. The standard InChI is InChI=1S/C49H84O41/c1-75-42-31(73)40(33(82-42)10(58)2-50)89-47-30(72)39(23(65)17(9-57)80-47)88-49-32(74)41(34(83-49)11(59)3-51)90-48-29(71)38(22(64)16(8-56)81-48)87-46-28(70)37(21(63)15(7-55)79-46)86-45-27(69)36(20(62)14(6-54)78-45)85-44-26(68)35(19(61)13(5-53)77-44)84-43-25(67)24(66)18(60)12(4-52)76-43/h10-74H,2-9H2,1H3/t10-,11-,12?,13?,14?,15?,16?,17?,18?,19?,20?,21?,22?,23?,24?,25?,26?,27?,28?,29?,30?,31?,32?,33?,34?,35?,36?,37?,38?,39?,40?,41?,42?,43?,44?,45?,46?,47?,48?,49?/m1/s1. The van der Waals surface area contributed by atoms with Crippen molar-refractivity contribution in [3.8, 4) is 0 Å². The predicted octanol–water partition coefficient (Wildman–Crippen LogP) is -17.8. The molecule has 40 atom stereocenters. The van der Waals surface area contributed by atoms with Crippen LogP contribution in [-0.2, 0) is 75.8 Å². The predicted molar refractivity (Wildman–Crippen MR) is 269 cm³/mol. The Morgan fingerprint density at radius 2 is 0.444 bits per heavy atom. The molecule has 0 radical (unpaired) electrons. The van der Waals surface area contributed by atoms with Gasteiger partial charge in [-0.1, -0.05) is 0 Å². The largest absolute Gasteiger partial charge is 0.394 e. The molecule has 0 aromatic rings. The third-order valence-corrected chi connectivity index (χ3v) is 16.8. The van der Waals surface area contributed by atoms with E-state index in [4.69, 9.17) is 75.8 Å². The molecule has 8 saturated heterocycles. The first-order valence-electron chi connectivity index (χ1n) is 28.6. The number of hydrogen-bond acceptors (Lipinski definition) is 41. The minimum Gasteiger partial charge on any atom is -0.394 e. The summed E-state index contributed by atoms with van der Waals surface area (Å²) < 4.78 is 89.8. The van der Waals surface area contributed by atoms with Gasteiger partial charge in [0, 0.05) is 7.11 Å². The second-order valence-electron chi connectivity index (χ2n) is 22.6. The highest BCUT2D eigenvalue weighted by atomic mass is 16.8. The number of methoxy groups -OCH3 is 1. The normalized spacial score (nSPS) is 51.9. The first kappa shape index (κ1) is 74.2. The van der Waals surface area contributed by atoms with Crippen molar-refractivity contribution in [3.05, 3.63) is 0 Å². The molecule has 0 aromatic carbocycles. The number of rotatable bonds is 25. The molecular weight excluding hydrogens is 1240 g/mol. The first-order chi connectivity index (χ1) is 42.8. The van der Waals surface area contributed by atoms with Gasteiger partial charge in [0.25, 0.3) is 0 Å². The van der Waals surface area contributed by atoms with E-state index in [2.05, 4.69) is 0 Å². The molecule has 0 aromatic heterocycles. The van der Waals surface area contributed by atoms with Crippen LogP contribution in [0.4, 0.5) is 0 Å². The summed E-state index contributed by atoms with van der Waals surface area (Å²) >= 11 is 0. The van der Waals surface area contributed by atoms with Gasteiger partial charge in [-0.2, -0.15) is 0 Å². The van der Waals surface area contributed by atoms with E-state index in [1.54, 1.807) is 0 Å². The molecule has 0 bridgehead atoms. The van der Waals surface area contributed by atoms with E-state index < -0.39 is 299 Å². The Morgan fingerprint density at radius 1 is 0.244 bits per heavy atom. The van der Waals surface area contributed by atoms with Crippen LogP contribution in [0.5, 0.6) is 0 Å². The molecule has 8 heterocycles. The molecule has 41 heteroatoms. The molecule has 8 rings (SSSR count). The lowest BCUT2D eigenvalue weighted by Crippen LogP contribution is -2.68. The van der Waals surface area contributed by atoms with Crippen LogP contribution in [-0.4, -0.2) is 433 Å². The van der Waals surface area contributed by atoms with Crippen LogP contribution in [0.3, 0.4) is 0 Å². The Balaban J connectivity index is 0.965. The molecular formula is C49H84O41. The van der Waals surface area contributed by atoms with Gasteiger partial charge in [0.15, 0.2) is 50.3 Å². The van der Waals surface area contributed by atoms with E-state index in [0.717, 1.165) is 7.11 Å². The Hall–Kier alpha value is -1.64. The topological polar surface area (TPSA) is 653 Å². The van der Waals surface area contributed by atoms with Crippen LogP contribution in [0.1, 0.15) is 0 Å². The van der Waals surface area contributed by atoms with Crippen LogP contribution in [0.25, 0.3) is 0 Å². The minimum atomic E-state index is -2.37. The van der Waals surface area contributed by atoms with Gasteiger partial charge in [0.2, 0.25) is 0 Å². The number of aliphatic hydroxyl groups excluding tert-OH is 25. The average Bonchev–Trinajstić information content (AvgIpc) is 1.13. The van der Waals surface area contributed by atoms with Gasteiger partial charge < -0.3 is 203 Å². The van der Waals surface area contributed by atoms with E-state index in [0.29, 0.717) is 0 Å². The molecule has 41 nitrogen and oxygen atoms in total. The van der Waals surface area contributed by atoms with Crippen molar-refractivity contribution in [1.82, 2.24) is 0 Å². The van der Waals surface area contributed by atoms with Crippen molar-refractivity contribution in [2.45, 2.75) is 246 Å². The summed E-state index contributed by atoms with van der Waals surface area (Å²) in [5.74, 6) is 0. The highest BCUT2D eigenvalue weighted by Gasteiger charge is 2.60. The van der Waals surface area contributed by atoms with Crippen LogP contribution >= 0.6 is 0 Å². The van der Waals surface area contributed by atoms with E-state index >= 15 is 0 Å². The maximum Gasteiger partial charge on any atom is 0.187 e. The van der Waals surface area contributed by atoms with Crippen molar-refractivity contribution in [2.24, 2.45) is 0 Å². The van der Waals surface area contributed by atoms with Gasteiger partial charge in [-0.25, -0.2) is 0 Å². The van der Waals surface area contributed by atoms with E-state index in [9.17, 15) is 128 Å². The van der Waals surface area contributed by atoms with Crippen molar-refractivity contribution in [2.75, 3.05) is 60.0 Å². The lowest BCUT2D eigenvalue weighted by molar-refractivity contribution is -0.396. The third kappa shape index (κ3) is 15.1. The van der Waals surface area contributed by atoms with Crippen LogP contribution in [0, 0.1) is 0 Å². The third-order valence-electron chi connectivity index (χ3n) is 16.8. The van der Waals surface area contributed by atoms with Crippen molar-refractivity contribution >= 4 is 0 Å². The summed E-state index contributed by atoms with van der Waals surface area (Å²) in [7, 11) is 1.14. The number of hydrogen-bond donors (Lipinski definition) is 25. The second kappa shape index (κ2) is 32.1. The molecule has 0 aliphatic carbocycles. The molecule has 526 valence electrons. The zero-order valence-electron chi connectivity index (χ0n) is 47.5. The summed E-state index contributed by atoms with van der Waals surface area (Å²) in [4.78, 5) is 0. The Morgan fingerprint density at radius 3 is 0.689 bits per heavy atom. The number of aliphatic hydroxyl groups is 25. The molecule has 8 aliphatic heterocycles. The summed E-state index contributed by atoms with van der Waals surface area (Å²) in [6.45, 7) is -8.28. The highest BCUT2D eigenvalue weighted by molar-refractivity contribution is 5.02. The van der Waals surface area contributed by atoms with Crippen molar-refractivity contribution < 1.29 is 203 Å². The average molecular weight is 1330 g/mol. The summed E-state index contributed by atoms with van der Waals surface area (Å²) in [5, 5.41) is 270. The van der Waals surface area contributed by atoms with E-state index in [-0.39, 0.29) is 0 Å². The Labute approximate surface area is 508 Å². The van der Waals surface area contributed by atoms with Gasteiger partial charge >= 0.3 is 0 Å². The molecule has 25 N–H and O–H groups in total. The Kier molecular flexibility index (Phi) is 26.5. The molecule has 8 aliphatic rings. The fourth-order valence-electron chi connectivity index (χ4n) is 11.7. The zero-order chi connectivity index (χ0) is 66.1. The maximum atomic E-state index is 11.8. The van der Waals surface area contributed by atoms with Gasteiger partial charge in [0.1, 0.15) is 195 Å². The quantitative estimate of drug-likeness (QED) is 0.0404. The highest BCUT2D eigenvalue weighted by Crippen LogP contribution is 2.40. The van der Waals surface area contributed by atoms with Crippen LogP contribution in [0.15, 0.2) is 0 Å². The molecule has 0 saturated carbocycles. The summed E-state index contributed by atoms with van der Waals surface area (Å²) in [6, 6.07) is 0. The summed E-state index contributed by atoms with van der Waals surface area (Å²) in [5.41, 5.74) is 0. The van der Waals surface area contributed by atoms with Crippen molar-refractivity contribution in [1.29, 1.82) is 0 Å². The smallest absolute Gasteiger partial charge is 0.187 e. The van der Waals surface area contributed by atoms with Gasteiger partial charge in [-0.05, 0) is 0 Å². The van der Waals surface area contributed by atoms with E-state index in [1.165, 1.54) is 0 Å². The second-order valence-corrected chi connectivity index (χ2v) is 22.6. The summed E-state index contributed by atoms with van der Waals surface area (Å²) in [6.07, 6.45) is -79.5. The molecule has 0 spiro atoms. The zero-order valence-corrected chi connectivity index (χ0v) is 47.5. The molecule has 0 amide bonds. The SMILES string of the molecule is COC1OC([C@H](O)CO)C(OC2OC(CO)C(O)C(OC3OC([C@H](O)CO)C(OC4OC(CO)C(O)C(OC5OC(CO)C(O)C(OC6OC(CO)C(O)C(OC7OC(CO)C(O)C(OC8OC(CO)C(O)C(O)C8O)C7O)C6O)C5O)C4O)C3O)C2O)C1O. The van der Waals surface area contributed by atoms with Gasteiger partial charge in [-0.15, -0.1) is 0 Å². The van der Waals surface area contributed by atoms with Crippen LogP contribution < -0.4 is 0 Å². The lowest BCUT2D eigenvalue weighted by Gasteiger charge is -2.49. The van der Waals surface area contributed by atoms with Gasteiger partial charge in [-0.3, -0.25) is 0 Å².